The zero-order valence-electron chi connectivity index (χ0n) is 13.8. The molecule has 0 radical (unpaired) electrons. The second kappa shape index (κ2) is 8.25. The lowest BCUT2D eigenvalue weighted by Gasteiger charge is -2.32. The van der Waals surface area contributed by atoms with Crippen LogP contribution in [-0.2, 0) is 6.54 Å². The average molecular weight is 331 g/mol. The molecule has 1 saturated heterocycles. The molecule has 24 heavy (non-hydrogen) atoms. The predicted molar refractivity (Wildman–Crippen MR) is 91.6 cm³/mol. The van der Waals surface area contributed by atoms with Gasteiger partial charge in [0.25, 0.3) is 0 Å². The summed E-state index contributed by atoms with van der Waals surface area (Å²) in [5.41, 5.74) is 2.48. The number of hydrogen-bond acceptors (Lipinski definition) is 2. The van der Waals surface area contributed by atoms with E-state index in [2.05, 4.69) is 17.0 Å². The number of rotatable bonds is 6. The van der Waals surface area contributed by atoms with Crippen LogP contribution in [0.1, 0.15) is 29.9 Å². The van der Waals surface area contributed by atoms with E-state index >= 15 is 0 Å². The van der Waals surface area contributed by atoms with E-state index in [1.54, 1.807) is 0 Å². The quantitative estimate of drug-likeness (QED) is 0.770. The molecule has 0 N–H and O–H groups in total. The van der Waals surface area contributed by atoms with Gasteiger partial charge in [0.15, 0.2) is 0 Å². The topological polar surface area (TPSA) is 12.5 Å². The van der Waals surface area contributed by atoms with E-state index in [-0.39, 0.29) is 12.4 Å². The van der Waals surface area contributed by atoms with Crippen LogP contribution in [0.3, 0.4) is 0 Å². The first kappa shape index (κ1) is 16.9. The Bertz CT molecular complexity index is 619. The highest BCUT2D eigenvalue weighted by atomic mass is 19.1. The van der Waals surface area contributed by atoms with Gasteiger partial charge in [0.1, 0.15) is 24.8 Å². The number of ether oxygens (including phenoxy) is 1. The Kier molecular flexibility index (Phi) is 5.81. The van der Waals surface area contributed by atoms with Crippen molar-refractivity contribution in [1.29, 1.82) is 0 Å². The maximum absolute atomic E-state index is 13.0. The molecule has 1 fully saturated rings. The fourth-order valence-corrected chi connectivity index (χ4v) is 3.27. The van der Waals surface area contributed by atoms with Crippen LogP contribution in [0.25, 0.3) is 0 Å². The first-order valence-corrected chi connectivity index (χ1v) is 8.50. The van der Waals surface area contributed by atoms with Gasteiger partial charge in [0.2, 0.25) is 0 Å². The molecule has 128 valence electrons. The molecule has 0 bridgehead atoms. The predicted octanol–water partition coefficient (Wildman–Crippen LogP) is 4.55. The molecule has 0 atom stereocenters. The van der Waals surface area contributed by atoms with Crippen molar-refractivity contribution in [3.63, 3.8) is 0 Å². The fraction of sp³-hybridized carbons (Fsp3) is 0.400. The van der Waals surface area contributed by atoms with Crippen LogP contribution in [-0.4, -0.2) is 31.3 Å². The van der Waals surface area contributed by atoms with Crippen molar-refractivity contribution in [2.45, 2.75) is 25.3 Å². The second-order valence-electron chi connectivity index (χ2n) is 6.28. The second-order valence-corrected chi connectivity index (χ2v) is 6.28. The highest BCUT2D eigenvalue weighted by Crippen LogP contribution is 2.29. The van der Waals surface area contributed by atoms with Crippen LogP contribution in [0.5, 0.6) is 5.75 Å². The summed E-state index contributed by atoms with van der Waals surface area (Å²) in [7, 11) is 0. The van der Waals surface area contributed by atoms with Gasteiger partial charge in [0.05, 0.1) is 0 Å². The number of nitrogens with zero attached hydrogens (tertiary/aromatic N) is 1. The number of halogens is 2. The highest BCUT2D eigenvalue weighted by Gasteiger charge is 2.20. The Balaban J connectivity index is 1.50. The standard InChI is InChI=1S/C20H23F2NO/c21-11-14-24-20-7-3-17(4-8-20)18-9-12-23(13-10-18)15-16-1-5-19(22)6-2-16/h1-8,18H,9-15H2. The van der Waals surface area contributed by atoms with Crippen molar-refractivity contribution in [2.24, 2.45) is 0 Å². The molecule has 0 spiro atoms. The van der Waals surface area contributed by atoms with Crippen molar-refractivity contribution in [3.05, 3.63) is 65.5 Å². The largest absolute Gasteiger partial charge is 0.491 e. The van der Waals surface area contributed by atoms with E-state index in [0.29, 0.717) is 5.92 Å². The Labute approximate surface area is 142 Å². The minimum atomic E-state index is -0.464. The first-order valence-electron chi connectivity index (χ1n) is 8.50. The van der Waals surface area contributed by atoms with Crippen LogP contribution < -0.4 is 4.74 Å². The summed E-state index contributed by atoms with van der Waals surface area (Å²) < 4.78 is 30.4. The van der Waals surface area contributed by atoms with Crippen LogP contribution in [0.2, 0.25) is 0 Å². The SMILES string of the molecule is FCCOc1ccc(C2CCN(Cc3ccc(F)cc3)CC2)cc1. The molecule has 0 aliphatic carbocycles. The van der Waals surface area contributed by atoms with Crippen LogP contribution in [0.4, 0.5) is 8.78 Å². The molecule has 0 amide bonds. The summed E-state index contributed by atoms with van der Waals surface area (Å²) in [4.78, 5) is 2.42. The van der Waals surface area contributed by atoms with Gasteiger partial charge in [-0.25, -0.2) is 8.78 Å². The molecule has 0 unspecified atom stereocenters. The van der Waals surface area contributed by atoms with Crippen LogP contribution in [0.15, 0.2) is 48.5 Å². The van der Waals surface area contributed by atoms with Crippen molar-refractivity contribution < 1.29 is 13.5 Å². The molecule has 4 heteroatoms. The molecular weight excluding hydrogens is 308 g/mol. The summed E-state index contributed by atoms with van der Waals surface area (Å²) in [6.45, 7) is 2.61. The van der Waals surface area contributed by atoms with E-state index in [1.807, 2.05) is 24.3 Å². The van der Waals surface area contributed by atoms with Gasteiger partial charge in [-0.2, -0.15) is 0 Å². The molecule has 2 aromatic rings. The minimum Gasteiger partial charge on any atom is -0.491 e. The summed E-state index contributed by atoms with van der Waals surface area (Å²) in [5.74, 6) is 1.10. The van der Waals surface area contributed by atoms with Crippen LogP contribution >= 0.6 is 0 Å². The lowest BCUT2D eigenvalue weighted by Crippen LogP contribution is -2.32. The summed E-state index contributed by atoms with van der Waals surface area (Å²) in [5, 5.41) is 0. The van der Waals surface area contributed by atoms with Gasteiger partial charge in [-0.05, 0) is 67.2 Å². The number of piperidine rings is 1. The molecule has 0 saturated carbocycles. The fourth-order valence-electron chi connectivity index (χ4n) is 3.27. The molecule has 1 heterocycles. The average Bonchev–Trinajstić information content (AvgIpc) is 2.63. The van der Waals surface area contributed by atoms with Gasteiger partial charge in [0, 0.05) is 6.54 Å². The van der Waals surface area contributed by atoms with Gasteiger partial charge < -0.3 is 4.74 Å². The van der Waals surface area contributed by atoms with Crippen molar-refractivity contribution >= 4 is 0 Å². The molecule has 2 nitrogen and oxygen atoms in total. The number of hydrogen-bond donors (Lipinski definition) is 0. The monoisotopic (exact) mass is 331 g/mol. The third-order valence-corrected chi connectivity index (χ3v) is 4.60. The van der Waals surface area contributed by atoms with Crippen LogP contribution in [0, 0.1) is 5.82 Å². The Morgan fingerprint density at radius 1 is 0.958 bits per heavy atom. The lowest BCUT2D eigenvalue weighted by molar-refractivity contribution is 0.204. The van der Waals surface area contributed by atoms with Crippen molar-refractivity contribution in [2.75, 3.05) is 26.4 Å². The van der Waals surface area contributed by atoms with Gasteiger partial charge in [-0.3, -0.25) is 4.90 Å². The highest BCUT2D eigenvalue weighted by molar-refractivity contribution is 5.29. The normalized spacial score (nSPS) is 16.2. The number of alkyl halides is 1. The minimum absolute atomic E-state index is 0.112. The lowest BCUT2D eigenvalue weighted by atomic mass is 9.89. The van der Waals surface area contributed by atoms with E-state index in [4.69, 9.17) is 4.74 Å². The molecule has 1 aliphatic heterocycles. The molecule has 3 rings (SSSR count). The van der Waals surface area contributed by atoms with E-state index in [0.717, 1.165) is 43.8 Å². The first-order chi connectivity index (χ1) is 11.7. The van der Waals surface area contributed by atoms with E-state index < -0.39 is 6.67 Å². The summed E-state index contributed by atoms with van der Waals surface area (Å²) in [6.07, 6.45) is 2.23. The maximum atomic E-state index is 13.0. The van der Waals surface area contributed by atoms with Gasteiger partial charge >= 0.3 is 0 Å². The summed E-state index contributed by atoms with van der Waals surface area (Å²) in [6, 6.07) is 14.8. The van der Waals surface area contributed by atoms with E-state index in [1.165, 1.54) is 17.7 Å². The molecule has 0 aromatic heterocycles. The molecule has 2 aromatic carbocycles. The third-order valence-electron chi connectivity index (χ3n) is 4.60. The van der Waals surface area contributed by atoms with Gasteiger partial charge in [-0.1, -0.05) is 24.3 Å². The smallest absolute Gasteiger partial charge is 0.123 e. The zero-order valence-corrected chi connectivity index (χ0v) is 13.8. The van der Waals surface area contributed by atoms with E-state index in [9.17, 15) is 8.78 Å². The van der Waals surface area contributed by atoms with Gasteiger partial charge in [-0.15, -0.1) is 0 Å². The van der Waals surface area contributed by atoms with Crippen molar-refractivity contribution in [3.8, 4) is 5.75 Å². The number of benzene rings is 2. The molecular formula is C20H23F2NO. The Hall–Kier alpha value is -1.94. The zero-order chi connectivity index (χ0) is 16.8. The summed E-state index contributed by atoms with van der Waals surface area (Å²) >= 11 is 0. The Morgan fingerprint density at radius 3 is 2.25 bits per heavy atom. The molecule has 1 aliphatic rings. The third kappa shape index (κ3) is 4.54. The Morgan fingerprint density at radius 2 is 1.62 bits per heavy atom. The van der Waals surface area contributed by atoms with Crippen molar-refractivity contribution in [1.82, 2.24) is 4.90 Å². The number of likely N-dealkylation sites (tertiary alicyclic amines) is 1. The maximum Gasteiger partial charge on any atom is 0.123 e.